The molecule has 4 rings (SSSR count). The number of aliphatic hydroxyl groups is 3. The molecule has 0 aliphatic heterocycles. The summed E-state index contributed by atoms with van der Waals surface area (Å²) in [5, 5.41) is 42.5. The monoisotopic (exact) mass is 511 g/mol. The molecule has 1 aromatic rings. The van der Waals surface area contributed by atoms with Crippen LogP contribution in [0.4, 0.5) is 5.69 Å². The van der Waals surface area contributed by atoms with E-state index in [-0.39, 0.29) is 35.1 Å². The smallest absolute Gasteiger partial charge is 0.279 e. The number of ketones is 2. The summed E-state index contributed by atoms with van der Waals surface area (Å²) in [5.41, 5.74) is 5.95. The van der Waals surface area contributed by atoms with Gasteiger partial charge >= 0.3 is 0 Å². The molecule has 1 fully saturated rings. The van der Waals surface area contributed by atoms with Crippen molar-refractivity contribution in [3.05, 3.63) is 50.6 Å². The first-order valence-electron chi connectivity index (χ1n) is 11.9. The number of amides is 1. The maximum atomic E-state index is 13.7. The highest BCUT2D eigenvalue weighted by molar-refractivity contribution is 6.23. The summed E-state index contributed by atoms with van der Waals surface area (Å²) in [4.78, 5) is 50.4. The second-order valence-electron chi connectivity index (χ2n) is 11.0. The van der Waals surface area contributed by atoms with Crippen LogP contribution in [0.1, 0.15) is 50.3 Å². The summed E-state index contributed by atoms with van der Waals surface area (Å²) in [6, 6.07) is 3.50. The van der Waals surface area contributed by atoms with E-state index in [1.54, 1.807) is 17.6 Å². The molecule has 196 valence electrons. The number of nitrogens with one attached hydrogen (secondary N) is 3. The van der Waals surface area contributed by atoms with Gasteiger partial charge in [0.15, 0.2) is 11.4 Å². The van der Waals surface area contributed by atoms with Gasteiger partial charge in [-0.25, -0.2) is 5.43 Å². The molecule has 0 bridgehead atoms. The fourth-order valence-corrected chi connectivity index (χ4v) is 5.55. The van der Waals surface area contributed by atoms with E-state index in [0.29, 0.717) is 24.2 Å². The zero-order chi connectivity index (χ0) is 27.3. The molecule has 3 aliphatic rings. The van der Waals surface area contributed by atoms with Gasteiger partial charge in [-0.3, -0.25) is 14.4 Å². The van der Waals surface area contributed by atoms with E-state index >= 15 is 0 Å². The Labute approximate surface area is 212 Å². The van der Waals surface area contributed by atoms with E-state index in [1.807, 2.05) is 20.8 Å². The molecule has 3 aliphatic carbocycles. The largest absolute Gasteiger partial charge is 0.508 e. The van der Waals surface area contributed by atoms with Gasteiger partial charge in [0.25, 0.3) is 5.91 Å². The first-order valence-corrected chi connectivity index (χ1v) is 11.9. The van der Waals surface area contributed by atoms with Crippen LogP contribution in [-0.2, 0) is 27.3 Å². The summed E-state index contributed by atoms with van der Waals surface area (Å²) >= 11 is 0. The van der Waals surface area contributed by atoms with Gasteiger partial charge < -0.3 is 20.6 Å². The van der Waals surface area contributed by atoms with Gasteiger partial charge in [-0.05, 0) is 40.5 Å². The number of carbonyl (C=O) groups is 3. The number of hydrogen-bond donors (Lipinski definition) is 6. The highest BCUT2D eigenvalue weighted by atomic mass is 16.3. The van der Waals surface area contributed by atoms with E-state index in [1.165, 1.54) is 0 Å². The molecule has 0 unspecified atom stereocenters. The first kappa shape index (κ1) is 26.3. The Morgan fingerprint density at radius 1 is 1.22 bits per heavy atom. The van der Waals surface area contributed by atoms with Crippen molar-refractivity contribution in [2.75, 3.05) is 6.54 Å². The summed E-state index contributed by atoms with van der Waals surface area (Å²) in [5.74, 6) is -6.37. The number of Topliss-reactive ketones (excluding diaryl/α,β-unsaturated/α-hetero) is 2. The Kier molecular flexibility index (Phi) is 6.59. The maximum Gasteiger partial charge on any atom is 0.279 e. The van der Waals surface area contributed by atoms with Gasteiger partial charge in [0.2, 0.25) is 5.78 Å². The molecule has 37 heavy (non-hydrogen) atoms. The van der Waals surface area contributed by atoms with E-state index in [2.05, 4.69) is 15.7 Å². The summed E-state index contributed by atoms with van der Waals surface area (Å²) < 4.78 is 0. The molecule has 0 aromatic heterocycles. The van der Waals surface area contributed by atoms with Crippen LogP contribution in [0.5, 0.6) is 0 Å². The molecule has 0 saturated heterocycles. The molecular weight excluding hydrogens is 482 g/mol. The van der Waals surface area contributed by atoms with Crippen molar-refractivity contribution >= 4 is 28.9 Å². The number of nitrogens with zero attached hydrogens (tertiary/aromatic N) is 2. The molecular formula is C25H29N5O7. The lowest BCUT2D eigenvalue weighted by molar-refractivity contribution is -0.147. The molecule has 3 atom stereocenters. The number of fused-ring (bicyclic) bond motifs is 3. The maximum absolute atomic E-state index is 13.7. The SMILES string of the molecule is CC(C)(C)CNCc1ccc2c(c1N=O)C(O)=C1C(=O)[C@]3(O)C(O)=C(C(=O)NN=N)C(=O)C[C@@H]3C[C@@H]1C2. The Balaban J connectivity index is 1.80. The van der Waals surface area contributed by atoms with Crippen LogP contribution in [0.15, 0.2) is 39.4 Å². The summed E-state index contributed by atoms with van der Waals surface area (Å²) in [6.45, 7) is 7.09. The zero-order valence-electron chi connectivity index (χ0n) is 20.7. The van der Waals surface area contributed by atoms with Crippen LogP contribution >= 0.6 is 0 Å². The van der Waals surface area contributed by atoms with Crippen molar-refractivity contribution < 1.29 is 29.7 Å². The third kappa shape index (κ3) is 4.25. The topological polar surface area (TPSA) is 202 Å². The van der Waals surface area contributed by atoms with Crippen LogP contribution in [0.25, 0.3) is 5.76 Å². The zero-order valence-corrected chi connectivity index (χ0v) is 20.7. The van der Waals surface area contributed by atoms with Crippen LogP contribution in [0.3, 0.4) is 0 Å². The van der Waals surface area contributed by atoms with Crippen LogP contribution in [0.2, 0.25) is 0 Å². The number of carbonyl (C=O) groups excluding carboxylic acids is 3. The van der Waals surface area contributed by atoms with E-state index in [4.69, 9.17) is 5.53 Å². The third-order valence-electron chi connectivity index (χ3n) is 7.22. The predicted molar refractivity (Wildman–Crippen MR) is 130 cm³/mol. The fraction of sp³-hybridized carbons (Fsp3) is 0.480. The first-order chi connectivity index (χ1) is 17.3. The van der Waals surface area contributed by atoms with Crippen molar-refractivity contribution in [3.8, 4) is 0 Å². The van der Waals surface area contributed by atoms with Crippen LogP contribution < -0.4 is 10.7 Å². The molecule has 0 heterocycles. The standard InChI is InChI=1S/C25H29N5O7/c1-24(2,3)10-27-9-12-5-4-11-6-13-7-14-8-15(31)18(23(35)28-30-26)22(34)25(14,36)21(33)17(13)20(32)16(11)19(12)29-37/h4-5,13-14,27,32,34,36H,6-10H2,1-3H3,(H2,26,28,35)/t13-,14-,25-/m0/s1. The van der Waals surface area contributed by atoms with Crippen molar-refractivity contribution in [2.45, 2.75) is 52.2 Å². The van der Waals surface area contributed by atoms with Crippen molar-refractivity contribution in [2.24, 2.45) is 27.7 Å². The average Bonchev–Trinajstić information content (AvgIpc) is 2.81. The minimum atomic E-state index is -2.64. The molecule has 0 spiro atoms. The fourth-order valence-electron chi connectivity index (χ4n) is 5.55. The van der Waals surface area contributed by atoms with E-state index in [0.717, 1.165) is 0 Å². The van der Waals surface area contributed by atoms with Crippen molar-refractivity contribution in [3.63, 3.8) is 0 Å². The van der Waals surface area contributed by atoms with Gasteiger partial charge in [0.1, 0.15) is 22.8 Å². The Bertz CT molecular complexity index is 1290. The molecule has 12 nitrogen and oxygen atoms in total. The predicted octanol–water partition coefficient (Wildman–Crippen LogP) is 2.83. The van der Waals surface area contributed by atoms with Crippen molar-refractivity contribution in [1.82, 2.24) is 10.7 Å². The normalized spacial score (nSPS) is 25.3. The van der Waals surface area contributed by atoms with Crippen LogP contribution in [-0.4, -0.2) is 44.9 Å². The lowest BCUT2D eigenvalue weighted by Crippen LogP contribution is -2.58. The molecule has 1 aromatic carbocycles. The van der Waals surface area contributed by atoms with Crippen LogP contribution in [0, 0.1) is 27.7 Å². The molecule has 12 heteroatoms. The second kappa shape index (κ2) is 9.27. The number of aliphatic hydroxyl groups excluding tert-OH is 2. The number of nitroso groups, excluding NO2 is 1. The minimum Gasteiger partial charge on any atom is -0.508 e. The second-order valence-corrected chi connectivity index (χ2v) is 11.0. The quantitative estimate of drug-likeness (QED) is 0.145. The van der Waals surface area contributed by atoms with Crippen molar-refractivity contribution in [1.29, 1.82) is 5.53 Å². The summed E-state index contributed by atoms with van der Waals surface area (Å²) in [7, 11) is 0. The van der Waals surface area contributed by atoms with E-state index in [9.17, 15) is 34.6 Å². The Hall–Kier alpha value is -3.77. The van der Waals surface area contributed by atoms with E-state index < -0.39 is 58.4 Å². The minimum absolute atomic E-state index is 0.0117. The third-order valence-corrected chi connectivity index (χ3v) is 7.22. The molecule has 1 saturated carbocycles. The average molecular weight is 512 g/mol. The van der Waals surface area contributed by atoms with Gasteiger partial charge in [-0.15, -0.1) is 4.91 Å². The van der Waals surface area contributed by atoms with Gasteiger partial charge in [-0.2, -0.15) is 5.53 Å². The molecule has 0 radical (unpaired) electrons. The number of benzene rings is 1. The Morgan fingerprint density at radius 3 is 2.54 bits per heavy atom. The summed E-state index contributed by atoms with van der Waals surface area (Å²) in [6.07, 6.45) is -0.0910. The highest BCUT2D eigenvalue weighted by Crippen LogP contribution is 2.52. The highest BCUT2D eigenvalue weighted by Gasteiger charge is 2.60. The number of hydrogen-bond acceptors (Lipinski definition) is 11. The molecule has 6 N–H and O–H groups in total. The Morgan fingerprint density at radius 2 is 1.92 bits per heavy atom. The lowest BCUT2D eigenvalue weighted by atomic mass is 9.59. The number of rotatable bonds is 6. The van der Waals surface area contributed by atoms with Gasteiger partial charge in [0, 0.05) is 36.6 Å². The lowest BCUT2D eigenvalue weighted by Gasteiger charge is -2.46. The van der Waals surface area contributed by atoms with Gasteiger partial charge in [-0.1, -0.05) is 38.1 Å². The molecule has 1 amide bonds. The van der Waals surface area contributed by atoms with Gasteiger partial charge in [0.05, 0.1) is 0 Å².